The maximum Gasteiger partial charge on any atom is 0.320 e. The Kier molecular flexibility index (Phi) is 7.61. The molecule has 1 aromatic heterocycles. The molecule has 2 aromatic rings. The number of rotatable bonds is 9. The van der Waals surface area contributed by atoms with E-state index in [4.69, 9.17) is 4.74 Å². The Morgan fingerprint density at radius 1 is 1.13 bits per heavy atom. The van der Waals surface area contributed by atoms with E-state index in [1.165, 1.54) is 24.8 Å². The van der Waals surface area contributed by atoms with Gasteiger partial charge in [-0.2, -0.15) is 0 Å². The van der Waals surface area contributed by atoms with E-state index in [2.05, 4.69) is 64.5 Å². The minimum Gasteiger partial charge on any atom is -0.493 e. The first-order chi connectivity index (χ1) is 18.4. The standard InChI is InChI=1S/C30H41N5O3/c1-33(2)30(24-10-5-4-6-11-24)16-14-29(15-17-30)22-34(28(37)35(29)21-23-8-7-9-23)19-13-27(36)32-25-12-18-31-20-26(25)38-3/h4-6,10-12,18,20,23H,7-9,13-17,19,21-22H2,1-3H3,(H,31,32,36)/t29-,30+. The Labute approximate surface area is 226 Å². The zero-order chi connectivity index (χ0) is 26.8. The van der Waals surface area contributed by atoms with Crippen molar-refractivity contribution in [3.63, 3.8) is 0 Å². The van der Waals surface area contributed by atoms with Gasteiger partial charge >= 0.3 is 6.03 Å². The van der Waals surface area contributed by atoms with E-state index in [1.54, 1.807) is 25.6 Å². The number of anilines is 1. The first-order valence-electron chi connectivity index (χ1n) is 13.9. The molecule has 0 unspecified atom stereocenters. The lowest BCUT2D eigenvalue weighted by Crippen LogP contribution is -2.56. The fourth-order valence-electron chi connectivity index (χ4n) is 6.66. The highest BCUT2D eigenvalue weighted by atomic mass is 16.5. The average molecular weight is 520 g/mol. The fraction of sp³-hybridized carbons (Fsp3) is 0.567. The highest BCUT2D eigenvalue weighted by molar-refractivity contribution is 5.92. The number of ether oxygens (including phenoxy) is 1. The largest absolute Gasteiger partial charge is 0.493 e. The third kappa shape index (κ3) is 4.98. The van der Waals surface area contributed by atoms with Crippen LogP contribution in [0.3, 0.4) is 0 Å². The molecule has 38 heavy (non-hydrogen) atoms. The molecule has 0 atom stereocenters. The Morgan fingerprint density at radius 3 is 2.50 bits per heavy atom. The molecule has 3 fully saturated rings. The molecule has 2 aliphatic carbocycles. The van der Waals surface area contributed by atoms with Crippen LogP contribution in [0.25, 0.3) is 0 Å². The molecule has 1 N–H and O–H groups in total. The number of nitrogens with one attached hydrogen (secondary N) is 1. The van der Waals surface area contributed by atoms with Gasteiger partial charge in [-0.05, 0) is 70.2 Å². The van der Waals surface area contributed by atoms with Crippen LogP contribution in [0.1, 0.15) is 56.9 Å². The van der Waals surface area contributed by atoms with Gasteiger partial charge in [0.05, 0.1) is 24.5 Å². The van der Waals surface area contributed by atoms with Crippen LogP contribution in [0.2, 0.25) is 0 Å². The molecule has 2 heterocycles. The second-order valence-corrected chi connectivity index (χ2v) is 11.5. The zero-order valence-electron chi connectivity index (χ0n) is 23.0. The molecule has 1 saturated heterocycles. The highest BCUT2D eigenvalue weighted by Crippen LogP contribution is 2.49. The third-order valence-corrected chi connectivity index (χ3v) is 9.29. The molecule has 1 spiro atoms. The van der Waals surface area contributed by atoms with Crippen LogP contribution < -0.4 is 10.1 Å². The van der Waals surface area contributed by atoms with Crippen molar-refractivity contribution in [2.24, 2.45) is 5.92 Å². The quantitative estimate of drug-likeness (QED) is 0.518. The van der Waals surface area contributed by atoms with Crippen LogP contribution in [0, 0.1) is 5.92 Å². The van der Waals surface area contributed by atoms with E-state index >= 15 is 0 Å². The lowest BCUT2D eigenvalue weighted by molar-refractivity contribution is -0.116. The molecule has 5 rings (SSSR count). The summed E-state index contributed by atoms with van der Waals surface area (Å²) in [6.07, 6.45) is 11.1. The molecule has 0 radical (unpaired) electrons. The van der Waals surface area contributed by atoms with E-state index in [0.29, 0.717) is 30.4 Å². The number of nitrogens with zero attached hydrogens (tertiary/aromatic N) is 4. The number of hydrogen-bond acceptors (Lipinski definition) is 5. The molecule has 1 aromatic carbocycles. The monoisotopic (exact) mass is 519 g/mol. The normalized spacial score (nSPS) is 25.6. The first kappa shape index (κ1) is 26.5. The number of aromatic nitrogens is 1. The summed E-state index contributed by atoms with van der Waals surface area (Å²) in [5.41, 5.74) is 1.77. The first-order valence-corrected chi connectivity index (χ1v) is 13.9. The van der Waals surface area contributed by atoms with Gasteiger partial charge in [0, 0.05) is 37.8 Å². The Hall–Kier alpha value is -3.13. The van der Waals surface area contributed by atoms with Crippen LogP contribution >= 0.6 is 0 Å². The van der Waals surface area contributed by atoms with Gasteiger partial charge in [-0.25, -0.2) is 4.79 Å². The van der Waals surface area contributed by atoms with E-state index in [0.717, 1.165) is 32.2 Å². The van der Waals surface area contributed by atoms with Crippen molar-refractivity contribution in [1.82, 2.24) is 19.7 Å². The van der Waals surface area contributed by atoms with Gasteiger partial charge in [-0.1, -0.05) is 36.8 Å². The second kappa shape index (κ2) is 10.9. The summed E-state index contributed by atoms with van der Waals surface area (Å²) in [5, 5.41) is 2.91. The van der Waals surface area contributed by atoms with E-state index < -0.39 is 0 Å². The molecule has 8 heteroatoms. The van der Waals surface area contributed by atoms with Crippen molar-refractivity contribution in [3.8, 4) is 5.75 Å². The summed E-state index contributed by atoms with van der Waals surface area (Å²) in [5.74, 6) is 0.995. The molecule has 204 valence electrons. The maximum atomic E-state index is 13.8. The number of hydrogen-bond donors (Lipinski definition) is 1. The number of urea groups is 1. The van der Waals surface area contributed by atoms with Gasteiger partial charge in [-0.3, -0.25) is 14.7 Å². The van der Waals surface area contributed by atoms with Gasteiger partial charge in [-0.15, -0.1) is 0 Å². The molecule has 1 aliphatic heterocycles. The summed E-state index contributed by atoms with van der Waals surface area (Å²) in [6.45, 7) is 1.96. The summed E-state index contributed by atoms with van der Waals surface area (Å²) in [7, 11) is 5.91. The summed E-state index contributed by atoms with van der Waals surface area (Å²) in [6, 6.07) is 12.6. The minimum absolute atomic E-state index is 0.0192. The van der Waals surface area contributed by atoms with Gasteiger partial charge in [0.2, 0.25) is 5.91 Å². The van der Waals surface area contributed by atoms with Crippen molar-refractivity contribution < 1.29 is 14.3 Å². The van der Waals surface area contributed by atoms with Crippen molar-refractivity contribution >= 4 is 17.6 Å². The van der Waals surface area contributed by atoms with Crippen LogP contribution in [0.5, 0.6) is 5.75 Å². The topological polar surface area (TPSA) is 78.0 Å². The average Bonchev–Trinajstić information content (AvgIpc) is 3.16. The van der Waals surface area contributed by atoms with E-state index in [-0.39, 0.29) is 29.4 Å². The fourth-order valence-corrected chi connectivity index (χ4v) is 6.66. The Bertz CT molecular complexity index is 1130. The van der Waals surface area contributed by atoms with Crippen molar-refractivity contribution in [3.05, 3.63) is 54.4 Å². The molecular weight excluding hydrogens is 478 g/mol. The third-order valence-electron chi connectivity index (χ3n) is 9.29. The summed E-state index contributed by atoms with van der Waals surface area (Å²) >= 11 is 0. The lowest BCUT2D eigenvalue weighted by atomic mass is 9.68. The van der Waals surface area contributed by atoms with Crippen molar-refractivity contribution in [2.45, 2.75) is 62.4 Å². The second-order valence-electron chi connectivity index (χ2n) is 11.5. The summed E-state index contributed by atoms with van der Waals surface area (Å²) < 4.78 is 5.30. The predicted octanol–water partition coefficient (Wildman–Crippen LogP) is 4.73. The number of carbonyl (C=O) groups is 2. The van der Waals surface area contributed by atoms with E-state index in [9.17, 15) is 9.59 Å². The van der Waals surface area contributed by atoms with Gasteiger partial charge < -0.3 is 19.9 Å². The van der Waals surface area contributed by atoms with Crippen molar-refractivity contribution in [1.29, 1.82) is 0 Å². The number of amides is 3. The molecule has 0 bridgehead atoms. The number of benzene rings is 1. The van der Waals surface area contributed by atoms with Crippen molar-refractivity contribution in [2.75, 3.05) is 46.2 Å². The zero-order valence-corrected chi connectivity index (χ0v) is 23.0. The minimum atomic E-state index is -0.161. The Balaban J connectivity index is 1.29. The van der Waals surface area contributed by atoms with Crippen LogP contribution in [-0.4, -0.2) is 78.0 Å². The molecule has 2 saturated carbocycles. The lowest BCUT2D eigenvalue weighted by Gasteiger charge is -2.51. The number of carbonyl (C=O) groups excluding carboxylic acids is 2. The Morgan fingerprint density at radius 2 is 1.87 bits per heavy atom. The summed E-state index contributed by atoms with van der Waals surface area (Å²) in [4.78, 5) is 37.1. The van der Waals surface area contributed by atoms with Crippen LogP contribution in [-0.2, 0) is 10.3 Å². The molecular formula is C30H41N5O3. The van der Waals surface area contributed by atoms with Crippen LogP contribution in [0.15, 0.2) is 48.8 Å². The number of methoxy groups -OCH3 is 1. The predicted molar refractivity (Wildman–Crippen MR) is 148 cm³/mol. The SMILES string of the molecule is COc1cnccc1NC(=O)CCN1C[C@]2(CC[C@](c3ccccc3)(N(C)C)CC2)N(CC2CCC2)C1=O. The number of pyridine rings is 1. The van der Waals surface area contributed by atoms with Gasteiger partial charge in [0.1, 0.15) is 0 Å². The maximum absolute atomic E-state index is 13.8. The molecule has 8 nitrogen and oxygen atoms in total. The van der Waals surface area contributed by atoms with Gasteiger partial charge in [0.25, 0.3) is 0 Å². The smallest absolute Gasteiger partial charge is 0.320 e. The van der Waals surface area contributed by atoms with Gasteiger partial charge in [0.15, 0.2) is 5.75 Å². The molecule has 3 amide bonds. The van der Waals surface area contributed by atoms with E-state index in [1.807, 2.05) is 4.90 Å². The van der Waals surface area contributed by atoms with Crippen LogP contribution in [0.4, 0.5) is 10.5 Å². The highest BCUT2D eigenvalue weighted by Gasteiger charge is 2.54. The molecule has 3 aliphatic rings.